The highest BCUT2D eigenvalue weighted by Crippen LogP contribution is 2.42. The van der Waals surface area contributed by atoms with Crippen LogP contribution in [-0.4, -0.2) is 73.7 Å². The second-order valence-corrected chi connectivity index (χ2v) is 10.3. The molecular formula is C35H41N3O6. The average molecular weight is 600 g/mol. The number of rotatable bonds is 15. The molecule has 0 aliphatic heterocycles. The molecule has 0 saturated carbocycles. The first-order valence-corrected chi connectivity index (χ1v) is 14.8. The van der Waals surface area contributed by atoms with Gasteiger partial charge in [0, 0.05) is 26.3 Å². The third-order valence-electron chi connectivity index (χ3n) is 7.20. The lowest BCUT2D eigenvalue weighted by atomic mass is 10.2. The van der Waals surface area contributed by atoms with Crippen molar-refractivity contribution in [2.45, 2.75) is 27.1 Å². The first-order chi connectivity index (χ1) is 21.4. The van der Waals surface area contributed by atoms with Gasteiger partial charge in [-0.05, 0) is 48.5 Å². The van der Waals surface area contributed by atoms with Gasteiger partial charge in [0.25, 0.3) is 5.91 Å². The molecule has 0 radical (unpaired) electrons. The fourth-order valence-corrected chi connectivity index (χ4v) is 4.71. The highest BCUT2D eigenvalue weighted by molar-refractivity contribution is 6.02. The van der Waals surface area contributed by atoms with Crippen LogP contribution in [0.3, 0.4) is 0 Å². The summed E-state index contributed by atoms with van der Waals surface area (Å²) < 4.78 is 25.6. The molecule has 1 heterocycles. The number of nitrogens with zero attached hydrogens (tertiary/aromatic N) is 3. The molecule has 3 aromatic carbocycles. The van der Waals surface area contributed by atoms with Crippen LogP contribution in [0.25, 0.3) is 5.69 Å². The third kappa shape index (κ3) is 7.79. The Hall–Kier alpha value is -4.76. The minimum Gasteiger partial charge on any atom is -0.497 e. The zero-order valence-corrected chi connectivity index (χ0v) is 26.1. The molecule has 1 amide bonds. The first kappa shape index (κ1) is 32.2. The molecule has 232 valence electrons. The van der Waals surface area contributed by atoms with Crippen molar-refractivity contribution in [1.29, 1.82) is 0 Å². The van der Waals surface area contributed by atoms with E-state index in [1.54, 1.807) is 50.0 Å². The van der Waals surface area contributed by atoms with Gasteiger partial charge in [-0.1, -0.05) is 74.5 Å². The summed E-state index contributed by atoms with van der Waals surface area (Å²) in [5, 5.41) is 0. The second-order valence-electron chi connectivity index (χ2n) is 10.3. The average Bonchev–Trinajstić information content (AvgIpc) is 3.39. The number of carbonyl (C=O) groups excluding carboxylic acids is 2. The SMILES string of the molecule is CCN(CC)CCOC(=O)c1c(OCc2ccccc2)c(OCc2ccccc2)c(C(=O)N(C)C)n1-c1ccc(OC)cc1. The van der Waals surface area contributed by atoms with E-state index in [1.807, 2.05) is 60.7 Å². The Morgan fingerprint density at radius 3 is 1.73 bits per heavy atom. The predicted molar refractivity (Wildman–Crippen MR) is 170 cm³/mol. The van der Waals surface area contributed by atoms with Crippen LogP contribution in [0, 0.1) is 0 Å². The summed E-state index contributed by atoms with van der Waals surface area (Å²) in [6.07, 6.45) is 0. The smallest absolute Gasteiger partial charge is 0.359 e. The Labute approximate surface area is 259 Å². The number of amides is 1. The van der Waals surface area contributed by atoms with Crippen molar-refractivity contribution in [3.05, 3.63) is 107 Å². The Morgan fingerprint density at radius 1 is 0.727 bits per heavy atom. The van der Waals surface area contributed by atoms with Gasteiger partial charge in [-0.15, -0.1) is 0 Å². The summed E-state index contributed by atoms with van der Waals surface area (Å²) in [7, 11) is 4.89. The van der Waals surface area contributed by atoms with Crippen molar-refractivity contribution in [3.8, 4) is 22.9 Å². The maximum Gasteiger partial charge on any atom is 0.359 e. The molecular weight excluding hydrogens is 558 g/mol. The summed E-state index contributed by atoms with van der Waals surface area (Å²) in [6, 6.07) is 26.3. The lowest BCUT2D eigenvalue weighted by molar-refractivity contribution is 0.0451. The minimum absolute atomic E-state index is 0.0684. The van der Waals surface area contributed by atoms with Crippen molar-refractivity contribution >= 4 is 11.9 Å². The Morgan fingerprint density at radius 2 is 1.25 bits per heavy atom. The van der Waals surface area contributed by atoms with Gasteiger partial charge in [-0.25, -0.2) is 4.79 Å². The number of likely N-dealkylation sites (N-methyl/N-ethyl adjacent to an activating group) is 1. The molecule has 0 spiro atoms. The molecule has 0 aliphatic rings. The van der Waals surface area contributed by atoms with Crippen molar-refractivity contribution in [2.75, 3.05) is 47.4 Å². The van der Waals surface area contributed by atoms with Crippen LogP contribution in [0.2, 0.25) is 0 Å². The van der Waals surface area contributed by atoms with E-state index >= 15 is 0 Å². The normalized spacial score (nSPS) is 10.9. The molecule has 0 saturated heterocycles. The van der Waals surface area contributed by atoms with Gasteiger partial charge in [0.2, 0.25) is 0 Å². The molecule has 9 heteroatoms. The number of esters is 1. The predicted octanol–water partition coefficient (Wildman–Crippen LogP) is 5.84. The largest absolute Gasteiger partial charge is 0.497 e. The first-order valence-electron chi connectivity index (χ1n) is 14.8. The van der Waals surface area contributed by atoms with Crippen LogP contribution >= 0.6 is 0 Å². The van der Waals surface area contributed by atoms with Crippen molar-refractivity contribution < 1.29 is 28.5 Å². The number of ether oxygens (including phenoxy) is 4. The fraction of sp³-hybridized carbons (Fsp3) is 0.314. The minimum atomic E-state index is -0.626. The molecule has 0 aliphatic carbocycles. The Bertz CT molecular complexity index is 1500. The highest BCUT2D eigenvalue weighted by atomic mass is 16.5. The van der Waals surface area contributed by atoms with Crippen LogP contribution < -0.4 is 14.2 Å². The number of benzene rings is 3. The maximum atomic E-state index is 14.0. The quantitative estimate of drug-likeness (QED) is 0.159. The van der Waals surface area contributed by atoms with Crippen molar-refractivity contribution in [2.24, 2.45) is 0 Å². The molecule has 44 heavy (non-hydrogen) atoms. The van der Waals surface area contributed by atoms with E-state index < -0.39 is 5.97 Å². The molecule has 0 atom stereocenters. The maximum absolute atomic E-state index is 14.0. The lowest BCUT2D eigenvalue weighted by Crippen LogP contribution is -2.28. The number of hydrogen-bond donors (Lipinski definition) is 0. The van der Waals surface area contributed by atoms with E-state index in [-0.39, 0.29) is 48.6 Å². The topological polar surface area (TPSA) is 82.5 Å². The summed E-state index contributed by atoms with van der Waals surface area (Å²) in [5.74, 6) is -0.0616. The molecule has 4 aromatic rings. The Balaban J connectivity index is 1.91. The van der Waals surface area contributed by atoms with Gasteiger partial charge < -0.3 is 28.7 Å². The third-order valence-corrected chi connectivity index (χ3v) is 7.20. The zero-order valence-electron chi connectivity index (χ0n) is 26.1. The summed E-state index contributed by atoms with van der Waals surface area (Å²) in [4.78, 5) is 31.6. The monoisotopic (exact) mass is 599 g/mol. The number of hydrogen-bond acceptors (Lipinski definition) is 7. The van der Waals surface area contributed by atoms with E-state index in [0.29, 0.717) is 18.0 Å². The van der Waals surface area contributed by atoms with Crippen LogP contribution in [-0.2, 0) is 18.0 Å². The van der Waals surface area contributed by atoms with Gasteiger partial charge in [0.1, 0.15) is 25.6 Å². The van der Waals surface area contributed by atoms with Crippen LogP contribution in [0.15, 0.2) is 84.9 Å². The van der Waals surface area contributed by atoms with Crippen molar-refractivity contribution in [1.82, 2.24) is 14.4 Å². The van der Waals surface area contributed by atoms with Crippen molar-refractivity contribution in [3.63, 3.8) is 0 Å². The summed E-state index contributed by atoms with van der Waals surface area (Å²) in [5.41, 5.74) is 2.55. The molecule has 0 N–H and O–H groups in total. The van der Waals surface area contributed by atoms with Gasteiger partial charge in [-0.2, -0.15) is 0 Å². The number of methoxy groups -OCH3 is 1. The summed E-state index contributed by atoms with van der Waals surface area (Å²) >= 11 is 0. The van der Waals surface area contributed by atoms with E-state index in [2.05, 4.69) is 18.7 Å². The van der Waals surface area contributed by atoms with Gasteiger partial charge >= 0.3 is 5.97 Å². The molecule has 1 aromatic heterocycles. The number of carbonyl (C=O) groups is 2. The molecule has 0 fully saturated rings. The van der Waals surface area contributed by atoms with Crippen LogP contribution in [0.1, 0.15) is 46.0 Å². The van der Waals surface area contributed by atoms with E-state index in [1.165, 1.54) is 4.90 Å². The van der Waals surface area contributed by atoms with Crippen LogP contribution in [0.5, 0.6) is 17.2 Å². The molecule has 9 nitrogen and oxygen atoms in total. The van der Waals surface area contributed by atoms with Gasteiger partial charge in [0.05, 0.1) is 7.11 Å². The van der Waals surface area contributed by atoms with E-state index in [4.69, 9.17) is 18.9 Å². The second kappa shape index (κ2) is 15.6. The van der Waals surface area contributed by atoms with E-state index in [0.717, 1.165) is 24.2 Å². The molecule has 0 bridgehead atoms. The lowest BCUT2D eigenvalue weighted by Gasteiger charge is -2.18. The zero-order chi connectivity index (χ0) is 31.5. The standard InChI is InChI=1S/C35H41N3O6/c1-6-37(7-2)22-23-42-35(40)31-33(44-25-27-16-12-9-13-17-27)32(43-24-26-14-10-8-11-15-26)30(34(39)36(3)4)38(31)28-18-20-29(41-5)21-19-28/h8-21H,6-7,22-25H2,1-5H3. The molecule has 0 unspecified atom stereocenters. The van der Waals surface area contributed by atoms with Gasteiger partial charge in [-0.3, -0.25) is 9.36 Å². The molecule has 4 rings (SSSR count). The Kier molecular flexibility index (Phi) is 11.4. The fourth-order valence-electron chi connectivity index (χ4n) is 4.71. The number of aromatic nitrogens is 1. The highest BCUT2D eigenvalue weighted by Gasteiger charge is 2.36. The summed E-state index contributed by atoms with van der Waals surface area (Å²) in [6.45, 7) is 6.83. The van der Waals surface area contributed by atoms with E-state index in [9.17, 15) is 9.59 Å². The van der Waals surface area contributed by atoms with Crippen LogP contribution in [0.4, 0.5) is 0 Å². The van der Waals surface area contributed by atoms with Gasteiger partial charge in [0.15, 0.2) is 22.9 Å².